The first kappa shape index (κ1) is 21.3. The second-order valence-corrected chi connectivity index (χ2v) is 7.89. The van der Waals surface area contributed by atoms with Crippen LogP contribution in [0, 0.1) is 0 Å². The molecule has 3 heterocycles. The van der Waals surface area contributed by atoms with Crippen LogP contribution in [0.5, 0.6) is 0 Å². The average molecular weight is 424 g/mol. The molecule has 1 aromatic carbocycles. The first-order valence-corrected chi connectivity index (χ1v) is 10.7. The molecule has 1 aliphatic rings. The lowest BCUT2D eigenvalue weighted by molar-refractivity contribution is -0.132. The molecular formula is C23H29N5O3. The number of amides is 1. The molecule has 0 spiro atoms. The normalized spacial score (nSPS) is 14.7. The van der Waals surface area contributed by atoms with Gasteiger partial charge in [0.1, 0.15) is 6.54 Å². The standard InChI is InChI=1S/C23H29N5O3/c1-25-20-5-2-3-6-21(20)28(23(25)30)18-22(29)27(17-19-7-9-24-10-8-19)12-4-11-26-13-15-31-16-14-26/h2-3,5-10H,4,11-18H2,1H3. The molecule has 3 aromatic rings. The van der Waals surface area contributed by atoms with Gasteiger partial charge in [-0.15, -0.1) is 0 Å². The summed E-state index contributed by atoms with van der Waals surface area (Å²) < 4.78 is 8.57. The second kappa shape index (κ2) is 9.89. The average Bonchev–Trinajstić information content (AvgIpc) is 3.05. The predicted octanol–water partition coefficient (Wildman–Crippen LogP) is 1.49. The van der Waals surface area contributed by atoms with Crippen molar-refractivity contribution in [3.63, 3.8) is 0 Å². The maximum atomic E-state index is 13.3. The largest absolute Gasteiger partial charge is 0.379 e. The molecular weight excluding hydrogens is 394 g/mol. The number of carbonyl (C=O) groups excluding carboxylic acids is 1. The van der Waals surface area contributed by atoms with Crippen LogP contribution < -0.4 is 5.69 Å². The highest BCUT2D eigenvalue weighted by atomic mass is 16.5. The fourth-order valence-corrected chi connectivity index (χ4v) is 4.06. The van der Waals surface area contributed by atoms with Gasteiger partial charge in [-0.1, -0.05) is 12.1 Å². The SMILES string of the molecule is Cn1c(=O)n(CC(=O)N(CCCN2CCOCC2)Cc2ccncc2)c2ccccc21. The van der Waals surface area contributed by atoms with Gasteiger partial charge in [0.2, 0.25) is 5.91 Å². The third kappa shape index (κ3) is 5.03. The highest BCUT2D eigenvalue weighted by Crippen LogP contribution is 2.13. The number of ether oxygens (including phenoxy) is 1. The lowest BCUT2D eigenvalue weighted by Crippen LogP contribution is -2.40. The zero-order valence-electron chi connectivity index (χ0n) is 17.9. The zero-order valence-corrected chi connectivity index (χ0v) is 17.9. The molecule has 2 aromatic heterocycles. The molecule has 8 nitrogen and oxygen atoms in total. The Morgan fingerprint density at radius 2 is 1.81 bits per heavy atom. The topological polar surface area (TPSA) is 72.6 Å². The Hall–Kier alpha value is -2.97. The number of benzene rings is 1. The van der Waals surface area contributed by atoms with E-state index in [0.29, 0.717) is 13.1 Å². The van der Waals surface area contributed by atoms with Crippen molar-refractivity contribution in [1.82, 2.24) is 23.9 Å². The summed E-state index contributed by atoms with van der Waals surface area (Å²) in [5.74, 6) is -0.0581. The van der Waals surface area contributed by atoms with E-state index in [-0.39, 0.29) is 18.1 Å². The molecule has 0 radical (unpaired) electrons. The number of rotatable bonds is 8. The van der Waals surface area contributed by atoms with Crippen molar-refractivity contribution in [3.8, 4) is 0 Å². The van der Waals surface area contributed by atoms with E-state index in [9.17, 15) is 9.59 Å². The Morgan fingerprint density at radius 3 is 2.55 bits per heavy atom. The Morgan fingerprint density at radius 1 is 1.10 bits per heavy atom. The van der Waals surface area contributed by atoms with Crippen LogP contribution in [0.25, 0.3) is 11.0 Å². The third-order valence-corrected chi connectivity index (χ3v) is 5.83. The highest BCUT2D eigenvalue weighted by molar-refractivity contribution is 5.81. The van der Waals surface area contributed by atoms with E-state index in [4.69, 9.17) is 4.74 Å². The lowest BCUT2D eigenvalue weighted by atomic mass is 10.2. The van der Waals surface area contributed by atoms with Crippen molar-refractivity contribution in [2.24, 2.45) is 7.05 Å². The van der Waals surface area contributed by atoms with Gasteiger partial charge in [-0.2, -0.15) is 0 Å². The van der Waals surface area contributed by atoms with Crippen molar-refractivity contribution in [2.45, 2.75) is 19.5 Å². The molecule has 1 fully saturated rings. The number of imidazole rings is 1. The summed E-state index contributed by atoms with van der Waals surface area (Å²) in [6.07, 6.45) is 4.35. The zero-order chi connectivity index (χ0) is 21.6. The van der Waals surface area contributed by atoms with Crippen molar-refractivity contribution in [2.75, 3.05) is 39.4 Å². The van der Waals surface area contributed by atoms with E-state index in [1.807, 2.05) is 41.3 Å². The highest BCUT2D eigenvalue weighted by Gasteiger charge is 2.19. The van der Waals surface area contributed by atoms with Crippen LogP contribution in [0.3, 0.4) is 0 Å². The van der Waals surface area contributed by atoms with E-state index < -0.39 is 0 Å². The third-order valence-electron chi connectivity index (χ3n) is 5.83. The Kier molecular flexibility index (Phi) is 6.79. The molecule has 4 rings (SSSR count). The molecule has 164 valence electrons. The summed E-state index contributed by atoms with van der Waals surface area (Å²) >= 11 is 0. The van der Waals surface area contributed by atoms with Crippen molar-refractivity contribution >= 4 is 16.9 Å². The molecule has 0 aliphatic carbocycles. The number of hydrogen-bond donors (Lipinski definition) is 0. The summed E-state index contributed by atoms with van der Waals surface area (Å²) in [6.45, 7) is 5.50. The van der Waals surface area contributed by atoms with E-state index in [0.717, 1.165) is 55.9 Å². The van der Waals surface area contributed by atoms with Crippen LogP contribution in [0.4, 0.5) is 0 Å². The van der Waals surface area contributed by atoms with Crippen LogP contribution in [-0.4, -0.2) is 69.2 Å². The quantitative estimate of drug-likeness (QED) is 0.549. The van der Waals surface area contributed by atoms with Crippen LogP contribution in [0.1, 0.15) is 12.0 Å². The van der Waals surface area contributed by atoms with Gasteiger partial charge in [0, 0.05) is 52.2 Å². The molecule has 31 heavy (non-hydrogen) atoms. The van der Waals surface area contributed by atoms with E-state index in [1.54, 1.807) is 28.6 Å². The van der Waals surface area contributed by atoms with Gasteiger partial charge in [0.25, 0.3) is 0 Å². The van der Waals surface area contributed by atoms with E-state index in [1.165, 1.54) is 0 Å². The van der Waals surface area contributed by atoms with E-state index >= 15 is 0 Å². The fourth-order valence-electron chi connectivity index (χ4n) is 4.06. The first-order valence-electron chi connectivity index (χ1n) is 10.7. The second-order valence-electron chi connectivity index (χ2n) is 7.89. The summed E-state index contributed by atoms with van der Waals surface area (Å²) in [6, 6.07) is 11.4. The number of morpholine rings is 1. The Balaban J connectivity index is 1.49. The summed E-state index contributed by atoms with van der Waals surface area (Å²) in [7, 11) is 1.74. The Bertz CT molecular complexity index is 1070. The molecule has 0 unspecified atom stereocenters. The minimum atomic E-state index is -0.174. The summed E-state index contributed by atoms with van der Waals surface area (Å²) in [5.41, 5.74) is 2.46. The number of fused-ring (bicyclic) bond motifs is 1. The number of aryl methyl sites for hydroxylation is 1. The first-order chi connectivity index (χ1) is 15.1. The maximum absolute atomic E-state index is 13.3. The fraction of sp³-hybridized carbons (Fsp3) is 0.435. The number of nitrogens with zero attached hydrogens (tertiary/aromatic N) is 5. The van der Waals surface area contributed by atoms with Gasteiger partial charge in [-0.3, -0.25) is 23.8 Å². The maximum Gasteiger partial charge on any atom is 0.329 e. The van der Waals surface area contributed by atoms with Gasteiger partial charge < -0.3 is 9.64 Å². The molecule has 8 heteroatoms. The molecule has 0 bridgehead atoms. The van der Waals surface area contributed by atoms with Crippen molar-refractivity contribution in [1.29, 1.82) is 0 Å². The van der Waals surface area contributed by atoms with Crippen LogP contribution >= 0.6 is 0 Å². The smallest absolute Gasteiger partial charge is 0.329 e. The minimum Gasteiger partial charge on any atom is -0.379 e. The number of hydrogen-bond acceptors (Lipinski definition) is 5. The van der Waals surface area contributed by atoms with Crippen LogP contribution in [0.2, 0.25) is 0 Å². The molecule has 0 saturated carbocycles. The monoisotopic (exact) mass is 423 g/mol. The number of para-hydroxylation sites is 2. The van der Waals surface area contributed by atoms with Crippen molar-refractivity contribution < 1.29 is 9.53 Å². The summed E-state index contributed by atoms with van der Waals surface area (Å²) in [5, 5.41) is 0. The molecule has 1 aliphatic heterocycles. The molecule has 1 saturated heterocycles. The molecule has 0 N–H and O–H groups in total. The van der Waals surface area contributed by atoms with Gasteiger partial charge in [-0.25, -0.2) is 4.79 Å². The molecule has 1 amide bonds. The van der Waals surface area contributed by atoms with Crippen molar-refractivity contribution in [3.05, 3.63) is 64.8 Å². The van der Waals surface area contributed by atoms with Gasteiger partial charge in [0.05, 0.1) is 24.2 Å². The van der Waals surface area contributed by atoms with E-state index in [2.05, 4.69) is 9.88 Å². The predicted molar refractivity (Wildman–Crippen MR) is 119 cm³/mol. The minimum absolute atomic E-state index is 0.0306. The number of pyridine rings is 1. The van der Waals surface area contributed by atoms with Gasteiger partial charge in [-0.05, 0) is 36.2 Å². The van der Waals surface area contributed by atoms with Crippen LogP contribution in [-0.2, 0) is 29.7 Å². The Labute approximate surface area is 181 Å². The summed E-state index contributed by atoms with van der Waals surface area (Å²) in [4.78, 5) is 34.4. The van der Waals surface area contributed by atoms with Gasteiger partial charge in [0.15, 0.2) is 0 Å². The van der Waals surface area contributed by atoms with Gasteiger partial charge >= 0.3 is 5.69 Å². The number of aromatic nitrogens is 3. The lowest BCUT2D eigenvalue weighted by Gasteiger charge is -2.28. The molecule has 0 atom stereocenters. The number of carbonyl (C=O) groups is 1. The van der Waals surface area contributed by atoms with Crippen LogP contribution in [0.15, 0.2) is 53.6 Å².